The van der Waals surface area contributed by atoms with Crippen molar-refractivity contribution < 1.29 is 14.4 Å². The number of fused-ring (bicyclic) bond motifs is 1. The number of ketones is 1. The van der Waals surface area contributed by atoms with Gasteiger partial charge in [0.25, 0.3) is 11.8 Å². The fourth-order valence-corrected chi connectivity index (χ4v) is 3.90. The van der Waals surface area contributed by atoms with Crippen LogP contribution in [-0.4, -0.2) is 24.1 Å². The Bertz CT molecular complexity index is 1180. The molecule has 1 aliphatic heterocycles. The number of hydrogen-bond donors (Lipinski definition) is 1. The van der Waals surface area contributed by atoms with Gasteiger partial charge in [0.2, 0.25) is 0 Å². The third-order valence-electron chi connectivity index (χ3n) is 5.50. The molecule has 2 amide bonds. The van der Waals surface area contributed by atoms with E-state index >= 15 is 0 Å². The van der Waals surface area contributed by atoms with E-state index in [1.54, 1.807) is 35.2 Å². The lowest BCUT2D eigenvalue weighted by atomic mass is 9.98. The van der Waals surface area contributed by atoms with Crippen LogP contribution < -0.4 is 10.2 Å². The van der Waals surface area contributed by atoms with Crippen LogP contribution in [0.1, 0.15) is 55.5 Å². The van der Waals surface area contributed by atoms with Crippen molar-refractivity contribution in [2.45, 2.75) is 26.7 Å². The van der Waals surface area contributed by atoms with Crippen molar-refractivity contribution >= 4 is 29.0 Å². The summed E-state index contributed by atoms with van der Waals surface area (Å²) in [5.41, 5.74) is 5.20. The minimum absolute atomic E-state index is 0.0251. The molecular formula is C26H24N2O3. The Kier molecular flexibility index (Phi) is 5.67. The Labute approximate surface area is 181 Å². The van der Waals surface area contributed by atoms with Crippen LogP contribution >= 0.6 is 0 Å². The summed E-state index contributed by atoms with van der Waals surface area (Å²) in [4.78, 5) is 39.2. The summed E-state index contributed by atoms with van der Waals surface area (Å²) in [5, 5.41) is 2.85. The summed E-state index contributed by atoms with van der Waals surface area (Å²) >= 11 is 0. The molecule has 0 aromatic heterocycles. The van der Waals surface area contributed by atoms with Crippen molar-refractivity contribution in [1.29, 1.82) is 0 Å². The Morgan fingerprint density at radius 3 is 2.42 bits per heavy atom. The molecule has 0 radical (unpaired) electrons. The second kappa shape index (κ2) is 8.56. The van der Waals surface area contributed by atoms with E-state index in [1.807, 2.05) is 43.3 Å². The predicted molar refractivity (Wildman–Crippen MR) is 122 cm³/mol. The fourth-order valence-electron chi connectivity index (χ4n) is 3.90. The van der Waals surface area contributed by atoms with Crippen molar-refractivity contribution in [2.75, 3.05) is 16.8 Å². The van der Waals surface area contributed by atoms with Crippen molar-refractivity contribution in [2.24, 2.45) is 0 Å². The van der Waals surface area contributed by atoms with Gasteiger partial charge in [0.1, 0.15) is 0 Å². The number of carbonyl (C=O) groups is 3. The van der Waals surface area contributed by atoms with E-state index in [1.165, 1.54) is 6.92 Å². The average Bonchev–Trinajstić information content (AvgIpc) is 2.78. The highest BCUT2D eigenvalue weighted by atomic mass is 16.2. The second-order valence-corrected chi connectivity index (χ2v) is 7.86. The molecular weight excluding hydrogens is 388 g/mol. The third kappa shape index (κ3) is 4.40. The van der Waals surface area contributed by atoms with Gasteiger partial charge in [-0.2, -0.15) is 0 Å². The maximum atomic E-state index is 13.1. The van der Waals surface area contributed by atoms with Crippen molar-refractivity contribution in [3.63, 3.8) is 0 Å². The Morgan fingerprint density at radius 2 is 1.65 bits per heavy atom. The van der Waals surface area contributed by atoms with Gasteiger partial charge >= 0.3 is 0 Å². The zero-order valence-corrected chi connectivity index (χ0v) is 17.6. The topological polar surface area (TPSA) is 66.5 Å². The molecule has 5 heteroatoms. The number of benzene rings is 3. The molecule has 0 atom stereocenters. The van der Waals surface area contributed by atoms with Crippen LogP contribution in [0.15, 0.2) is 66.7 Å². The molecule has 1 N–H and O–H groups in total. The lowest BCUT2D eigenvalue weighted by Crippen LogP contribution is -2.35. The molecule has 156 valence electrons. The number of anilines is 2. The van der Waals surface area contributed by atoms with Gasteiger partial charge in [0.15, 0.2) is 5.78 Å². The molecule has 0 unspecified atom stereocenters. The van der Waals surface area contributed by atoms with Crippen LogP contribution in [0.25, 0.3) is 0 Å². The lowest BCUT2D eigenvalue weighted by molar-refractivity contribution is 0.0982. The Balaban J connectivity index is 1.57. The summed E-state index contributed by atoms with van der Waals surface area (Å²) in [6.45, 7) is 4.12. The van der Waals surface area contributed by atoms with Gasteiger partial charge in [-0.3, -0.25) is 14.4 Å². The zero-order valence-electron chi connectivity index (χ0n) is 17.6. The first-order valence-electron chi connectivity index (χ1n) is 10.4. The van der Waals surface area contributed by atoms with Crippen LogP contribution in [-0.2, 0) is 6.42 Å². The molecule has 4 rings (SSSR count). The summed E-state index contributed by atoms with van der Waals surface area (Å²) in [7, 11) is 0. The fraction of sp³-hybridized carbons (Fsp3) is 0.192. The molecule has 0 fully saturated rings. The Hall–Kier alpha value is -3.73. The van der Waals surface area contributed by atoms with E-state index in [0.717, 1.165) is 29.7 Å². The number of nitrogens with one attached hydrogen (secondary N) is 1. The van der Waals surface area contributed by atoms with E-state index in [0.29, 0.717) is 28.9 Å². The predicted octanol–water partition coefficient (Wildman–Crippen LogP) is 5.04. The summed E-state index contributed by atoms with van der Waals surface area (Å²) in [6.07, 6.45) is 1.66. The van der Waals surface area contributed by atoms with Gasteiger partial charge in [-0.15, -0.1) is 0 Å². The quantitative estimate of drug-likeness (QED) is 0.610. The number of rotatable bonds is 4. The molecule has 0 spiro atoms. The number of amides is 2. The van der Waals surface area contributed by atoms with Crippen LogP contribution in [0.2, 0.25) is 0 Å². The first kappa shape index (κ1) is 20.5. The van der Waals surface area contributed by atoms with E-state index in [2.05, 4.69) is 5.32 Å². The molecule has 0 saturated carbocycles. The monoisotopic (exact) mass is 412 g/mol. The van der Waals surface area contributed by atoms with Crippen molar-refractivity contribution in [3.8, 4) is 0 Å². The largest absolute Gasteiger partial charge is 0.322 e. The van der Waals surface area contributed by atoms with Gasteiger partial charge in [-0.25, -0.2) is 0 Å². The highest BCUT2D eigenvalue weighted by molar-refractivity contribution is 6.08. The summed E-state index contributed by atoms with van der Waals surface area (Å²) in [6, 6.07) is 19.9. The molecule has 1 heterocycles. The van der Waals surface area contributed by atoms with E-state index in [4.69, 9.17) is 0 Å². The molecule has 3 aromatic rings. The standard InChI is InChI=1S/C26H24N2O3/c1-17-6-3-8-22(14-17)26(31)28-13-5-9-20-15-21(11-12-24(20)28)25(30)27-23-10-4-7-19(16-23)18(2)29/h3-4,6-8,10-12,14-16H,5,9,13H2,1-2H3,(H,27,30). The van der Waals surface area contributed by atoms with Gasteiger partial charge < -0.3 is 10.2 Å². The molecule has 3 aromatic carbocycles. The van der Waals surface area contributed by atoms with Gasteiger partial charge in [0, 0.05) is 34.6 Å². The first-order valence-corrected chi connectivity index (χ1v) is 10.4. The van der Waals surface area contributed by atoms with E-state index in [-0.39, 0.29) is 17.6 Å². The average molecular weight is 412 g/mol. The van der Waals surface area contributed by atoms with Crippen LogP contribution in [0.3, 0.4) is 0 Å². The third-order valence-corrected chi connectivity index (χ3v) is 5.50. The van der Waals surface area contributed by atoms with Gasteiger partial charge in [0.05, 0.1) is 0 Å². The van der Waals surface area contributed by atoms with Crippen molar-refractivity contribution in [1.82, 2.24) is 0 Å². The maximum absolute atomic E-state index is 13.1. The Morgan fingerprint density at radius 1 is 0.871 bits per heavy atom. The van der Waals surface area contributed by atoms with Crippen LogP contribution in [0.4, 0.5) is 11.4 Å². The lowest BCUT2D eigenvalue weighted by Gasteiger charge is -2.30. The second-order valence-electron chi connectivity index (χ2n) is 7.86. The zero-order chi connectivity index (χ0) is 22.0. The number of hydrogen-bond acceptors (Lipinski definition) is 3. The number of aryl methyl sites for hydroxylation is 2. The van der Waals surface area contributed by atoms with Gasteiger partial charge in [-0.1, -0.05) is 29.8 Å². The van der Waals surface area contributed by atoms with Gasteiger partial charge in [-0.05, 0) is 74.7 Å². The highest BCUT2D eigenvalue weighted by Gasteiger charge is 2.24. The van der Waals surface area contributed by atoms with Crippen LogP contribution in [0, 0.1) is 6.92 Å². The molecule has 31 heavy (non-hydrogen) atoms. The summed E-state index contributed by atoms with van der Waals surface area (Å²) in [5.74, 6) is -0.322. The molecule has 1 aliphatic rings. The molecule has 0 bridgehead atoms. The highest BCUT2D eigenvalue weighted by Crippen LogP contribution is 2.30. The SMILES string of the molecule is CC(=O)c1cccc(NC(=O)c2ccc3c(c2)CCCN3C(=O)c2cccc(C)c2)c1. The number of Topliss-reactive ketones (excluding diaryl/α,β-unsaturated/α-hetero) is 1. The minimum atomic E-state index is -0.245. The molecule has 0 saturated heterocycles. The van der Waals surface area contributed by atoms with Crippen molar-refractivity contribution in [3.05, 3.63) is 94.5 Å². The van der Waals surface area contributed by atoms with E-state index < -0.39 is 0 Å². The molecule has 5 nitrogen and oxygen atoms in total. The number of carbonyl (C=O) groups excluding carboxylic acids is 3. The first-order chi connectivity index (χ1) is 14.9. The number of nitrogens with zero attached hydrogens (tertiary/aromatic N) is 1. The van der Waals surface area contributed by atoms with E-state index in [9.17, 15) is 14.4 Å². The summed E-state index contributed by atoms with van der Waals surface area (Å²) < 4.78 is 0. The maximum Gasteiger partial charge on any atom is 0.258 e. The minimum Gasteiger partial charge on any atom is -0.322 e. The molecule has 0 aliphatic carbocycles. The smallest absolute Gasteiger partial charge is 0.258 e. The normalized spacial score (nSPS) is 12.8. The van der Waals surface area contributed by atoms with Crippen LogP contribution in [0.5, 0.6) is 0 Å².